The molecule has 2 aliphatic rings. The van der Waals surface area contributed by atoms with Gasteiger partial charge in [-0.2, -0.15) is 0 Å². The summed E-state index contributed by atoms with van der Waals surface area (Å²) in [7, 11) is 0. The molecule has 0 N–H and O–H groups in total. The minimum absolute atomic E-state index is 0.412. The Bertz CT molecular complexity index is 3730. The Morgan fingerprint density at radius 2 is 0.899 bits per heavy atom. The first-order valence-electron chi connectivity index (χ1n) is 24.1. The van der Waals surface area contributed by atoms with Gasteiger partial charge >= 0.3 is 0 Å². The number of benzene rings is 11. The zero-order valence-electron chi connectivity index (χ0n) is 38.2. The van der Waals surface area contributed by atoms with Gasteiger partial charge in [0.05, 0.1) is 16.8 Å². The van der Waals surface area contributed by atoms with Crippen molar-refractivity contribution in [2.75, 3.05) is 9.80 Å². The van der Waals surface area contributed by atoms with Crippen LogP contribution in [0, 0.1) is 0 Å². The summed E-state index contributed by atoms with van der Waals surface area (Å²) in [5.74, 6) is 0. The van der Waals surface area contributed by atoms with Gasteiger partial charge in [-0.15, -0.1) is 0 Å². The van der Waals surface area contributed by atoms with Crippen LogP contribution in [-0.2, 0) is 5.41 Å². The molecule has 0 atom stereocenters. The highest BCUT2D eigenvalue weighted by molar-refractivity contribution is 6.09. The Hall–Kier alpha value is -8.72. The normalized spacial score (nSPS) is 13.7. The average Bonchev–Trinajstić information content (AvgIpc) is 3.72. The molecular weight excluding hydrogens is 833 g/mol. The third-order valence-corrected chi connectivity index (χ3v) is 14.6. The van der Waals surface area contributed by atoms with Gasteiger partial charge in [0.15, 0.2) is 0 Å². The second-order valence-electron chi connectivity index (χ2n) is 18.3. The first kappa shape index (κ1) is 40.5. The highest BCUT2D eigenvalue weighted by Crippen LogP contribution is 2.58. The maximum Gasteiger partial charge on any atom is 0.0677 e. The van der Waals surface area contributed by atoms with E-state index in [1.54, 1.807) is 0 Å². The number of rotatable bonds is 9. The second-order valence-corrected chi connectivity index (χ2v) is 18.3. The lowest BCUT2D eigenvalue weighted by molar-refractivity contribution is 0.696. The van der Waals surface area contributed by atoms with E-state index in [0.717, 1.165) is 47.0 Å². The van der Waals surface area contributed by atoms with Gasteiger partial charge in [0.2, 0.25) is 0 Å². The van der Waals surface area contributed by atoms with Crippen LogP contribution in [0.5, 0.6) is 0 Å². The standard InChI is InChI=1S/C67H48N2/c1-4-23-51(24-5-1)67(52-25-6-2-7-26-52)63-33-17-16-31-60(63)61-42-41-56(46-64(61)67)68(53-27-8-3-9-28-53)54-38-36-49(37-39-54)57-43-44-66(62-32-15-14-30-59(57)62)69(55-40-35-47-19-10-11-21-50(47)45-55)65-34-18-22-48-20-12-13-29-58(48)65/h1-16,18-32,34-46H,17,33H2. The fourth-order valence-electron chi connectivity index (χ4n) is 11.6. The van der Waals surface area contributed by atoms with Crippen LogP contribution in [0.3, 0.4) is 0 Å². The molecule has 0 fully saturated rings. The molecule has 0 saturated carbocycles. The Morgan fingerprint density at radius 3 is 1.65 bits per heavy atom. The van der Waals surface area contributed by atoms with Gasteiger partial charge in [-0.25, -0.2) is 0 Å². The van der Waals surface area contributed by atoms with Gasteiger partial charge in [0.1, 0.15) is 0 Å². The minimum Gasteiger partial charge on any atom is -0.310 e. The number of para-hydroxylation sites is 1. The number of allylic oxidation sites excluding steroid dienone is 4. The van der Waals surface area contributed by atoms with E-state index in [1.807, 2.05) is 0 Å². The molecule has 0 spiro atoms. The second kappa shape index (κ2) is 16.9. The van der Waals surface area contributed by atoms with Gasteiger partial charge in [-0.3, -0.25) is 0 Å². The molecule has 2 nitrogen and oxygen atoms in total. The molecule has 11 aromatic rings. The molecule has 69 heavy (non-hydrogen) atoms. The van der Waals surface area contributed by atoms with E-state index in [0.29, 0.717) is 0 Å². The van der Waals surface area contributed by atoms with Gasteiger partial charge in [-0.05, 0) is 140 Å². The van der Waals surface area contributed by atoms with Crippen molar-refractivity contribution in [2.45, 2.75) is 18.3 Å². The SMILES string of the molecule is C1=CC2=C(CC1)C(c1ccccc1)(c1ccccc1)c1cc(N(c3ccccc3)c3ccc(-c4ccc(N(c5ccc6ccccc6c5)c5cccc6ccccc56)c5ccccc45)cc3)ccc12. The lowest BCUT2D eigenvalue weighted by atomic mass is 9.65. The summed E-state index contributed by atoms with van der Waals surface area (Å²) in [6, 6.07) is 93.9. The number of nitrogens with zero attached hydrogens (tertiary/aromatic N) is 2. The summed E-state index contributed by atoms with van der Waals surface area (Å²) < 4.78 is 0. The maximum atomic E-state index is 2.48. The summed E-state index contributed by atoms with van der Waals surface area (Å²) >= 11 is 0. The van der Waals surface area contributed by atoms with E-state index < -0.39 is 5.41 Å². The first-order chi connectivity index (χ1) is 34.2. The van der Waals surface area contributed by atoms with Crippen molar-refractivity contribution in [3.8, 4) is 11.1 Å². The van der Waals surface area contributed by atoms with E-state index in [2.05, 4.69) is 277 Å². The molecule has 0 radical (unpaired) electrons. The Kier molecular flexibility index (Phi) is 9.91. The van der Waals surface area contributed by atoms with Crippen LogP contribution < -0.4 is 9.80 Å². The van der Waals surface area contributed by atoms with Crippen LogP contribution in [0.2, 0.25) is 0 Å². The molecule has 0 heterocycles. The van der Waals surface area contributed by atoms with Crippen molar-refractivity contribution in [2.24, 2.45) is 0 Å². The van der Waals surface area contributed by atoms with Crippen LogP contribution >= 0.6 is 0 Å². The fraction of sp³-hybridized carbons (Fsp3) is 0.0448. The summed E-state index contributed by atoms with van der Waals surface area (Å²) in [5, 5.41) is 7.26. The molecule has 0 aromatic heterocycles. The third-order valence-electron chi connectivity index (χ3n) is 14.6. The smallest absolute Gasteiger partial charge is 0.0677 e. The molecule has 2 heteroatoms. The Morgan fingerprint density at radius 1 is 0.348 bits per heavy atom. The summed E-state index contributed by atoms with van der Waals surface area (Å²) in [5.41, 5.74) is 16.8. The van der Waals surface area contributed by atoms with E-state index >= 15 is 0 Å². The number of hydrogen-bond donors (Lipinski definition) is 0. The molecule has 0 saturated heterocycles. The van der Waals surface area contributed by atoms with Crippen molar-refractivity contribution in [1.82, 2.24) is 0 Å². The zero-order chi connectivity index (χ0) is 45.7. The molecule has 0 amide bonds. The first-order valence-corrected chi connectivity index (χ1v) is 24.1. The highest BCUT2D eigenvalue weighted by atomic mass is 15.1. The van der Waals surface area contributed by atoms with Gasteiger partial charge in [0.25, 0.3) is 0 Å². The molecule has 13 rings (SSSR count). The number of fused-ring (bicyclic) bond motifs is 5. The van der Waals surface area contributed by atoms with Crippen LogP contribution in [0.1, 0.15) is 35.1 Å². The predicted octanol–water partition coefficient (Wildman–Crippen LogP) is 18.2. The van der Waals surface area contributed by atoms with Crippen LogP contribution in [0.15, 0.2) is 273 Å². The average molecular weight is 881 g/mol. The van der Waals surface area contributed by atoms with E-state index in [-0.39, 0.29) is 0 Å². The quantitative estimate of drug-likeness (QED) is 0.143. The Labute approximate surface area is 404 Å². The lowest BCUT2D eigenvalue weighted by Gasteiger charge is -2.37. The van der Waals surface area contributed by atoms with Crippen molar-refractivity contribution < 1.29 is 0 Å². The number of anilines is 6. The van der Waals surface area contributed by atoms with Gasteiger partial charge < -0.3 is 9.80 Å². The Balaban J connectivity index is 0.941. The topological polar surface area (TPSA) is 6.48 Å². The minimum atomic E-state index is -0.412. The third kappa shape index (κ3) is 6.71. The van der Waals surface area contributed by atoms with E-state index in [1.165, 1.54) is 76.8 Å². The van der Waals surface area contributed by atoms with Crippen LogP contribution in [0.25, 0.3) is 49.0 Å². The molecule has 0 bridgehead atoms. The molecule has 326 valence electrons. The van der Waals surface area contributed by atoms with Crippen LogP contribution in [-0.4, -0.2) is 0 Å². The van der Waals surface area contributed by atoms with Gasteiger partial charge in [0, 0.05) is 33.5 Å². The molecule has 0 aliphatic heterocycles. The van der Waals surface area contributed by atoms with E-state index in [9.17, 15) is 0 Å². The van der Waals surface area contributed by atoms with Crippen LogP contribution in [0.4, 0.5) is 34.1 Å². The molecule has 0 unspecified atom stereocenters. The summed E-state index contributed by atoms with van der Waals surface area (Å²) in [6.45, 7) is 0. The maximum absolute atomic E-state index is 2.48. The van der Waals surface area contributed by atoms with Crippen molar-refractivity contribution in [1.29, 1.82) is 0 Å². The highest BCUT2D eigenvalue weighted by Gasteiger charge is 2.47. The lowest BCUT2D eigenvalue weighted by Crippen LogP contribution is -2.30. The van der Waals surface area contributed by atoms with Crippen molar-refractivity contribution in [3.05, 3.63) is 295 Å². The van der Waals surface area contributed by atoms with E-state index in [4.69, 9.17) is 0 Å². The summed E-state index contributed by atoms with van der Waals surface area (Å²) in [4.78, 5) is 4.87. The molecule has 11 aromatic carbocycles. The van der Waals surface area contributed by atoms with Gasteiger partial charge in [-0.1, -0.05) is 206 Å². The zero-order valence-corrected chi connectivity index (χ0v) is 38.2. The largest absolute Gasteiger partial charge is 0.310 e. The number of hydrogen-bond acceptors (Lipinski definition) is 2. The summed E-state index contributed by atoms with van der Waals surface area (Å²) in [6.07, 6.45) is 6.78. The monoisotopic (exact) mass is 880 g/mol. The molecular formula is C67H48N2. The fourth-order valence-corrected chi connectivity index (χ4v) is 11.6. The molecule has 2 aliphatic carbocycles. The van der Waals surface area contributed by atoms with Crippen molar-refractivity contribution in [3.63, 3.8) is 0 Å². The van der Waals surface area contributed by atoms with Crippen molar-refractivity contribution >= 4 is 72.0 Å². The predicted molar refractivity (Wildman–Crippen MR) is 292 cm³/mol.